The molecular formula is C34H32BN3. The van der Waals surface area contributed by atoms with Crippen LogP contribution in [0.4, 0.5) is 0 Å². The highest BCUT2D eigenvalue weighted by Crippen LogP contribution is 2.35. The molecule has 0 atom stereocenters. The minimum Gasteiger partial charge on any atom is -0.294 e. The second kappa shape index (κ2) is 9.29. The van der Waals surface area contributed by atoms with Crippen molar-refractivity contribution in [2.45, 2.75) is 39.9 Å². The Hall–Kier alpha value is -4.18. The van der Waals surface area contributed by atoms with Crippen molar-refractivity contribution in [3.05, 3.63) is 115 Å². The Morgan fingerprint density at radius 2 is 1.45 bits per heavy atom. The van der Waals surface area contributed by atoms with E-state index in [0.29, 0.717) is 0 Å². The maximum atomic E-state index is 4.83. The predicted octanol–water partition coefficient (Wildman–Crippen LogP) is 7.09. The smallest absolute Gasteiger partial charge is 0.230 e. The van der Waals surface area contributed by atoms with Gasteiger partial charge in [0.1, 0.15) is 5.82 Å². The first-order valence-electron chi connectivity index (χ1n) is 13.3. The molecule has 0 spiro atoms. The molecule has 3 heterocycles. The maximum Gasteiger partial charge on any atom is 0.230 e. The van der Waals surface area contributed by atoms with Gasteiger partial charge in [0.25, 0.3) is 0 Å². The molecule has 0 N–H and O–H groups in total. The van der Waals surface area contributed by atoms with E-state index in [1.165, 1.54) is 49.5 Å². The summed E-state index contributed by atoms with van der Waals surface area (Å²) in [4.78, 5) is 9.47. The van der Waals surface area contributed by atoms with Crippen LogP contribution in [0.25, 0.3) is 38.8 Å². The first-order valence-corrected chi connectivity index (χ1v) is 13.3. The van der Waals surface area contributed by atoms with Gasteiger partial charge in [-0.15, -0.1) is 0 Å². The van der Waals surface area contributed by atoms with Gasteiger partial charge in [-0.05, 0) is 71.0 Å². The summed E-state index contributed by atoms with van der Waals surface area (Å²) >= 11 is 0. The Kier molecular flexibility index (Phi) is 5.91. The number of rotatable bonds is 4. The highest BCUT2D eigenvalue weighted by atomic mass is 15.1. The summed E-state index contributed by atoms with van der Waals surface area (Å²) in [5, 5.41) is 2.48. The molecular weight excluding hydrogens is 461 g/mol. The molecule has 0 saturated heterocycles. The number of aromatic nitrogens is 3. The van der Waals surface area contributed by atoms with Crippen LogP contribution >= 0.6 is 0 Å². The number of hydrogen-bond acceptors (Lipinski definition) is 2. The van der Waals surface area contributed by atoms with Gasteiger partial charge in [0.2, 0.25) is 6.71 Å². The quantitative estimate of drug-likeness (QED) is 0.246. The zero-order chi connectivity index (χ0) is 26.4. The zero-order valence-corrected chi connectivity index (χ0v) is 22.7. The number of para-hydroxylation sites is 1. The predicted molar refractivity (Wildman–Crippen MR) is 163 cm³/mol. The molecule has 0 aliphatic carbocycles. The van der Waals surface area contributed by atoms with E-state index in [2.05, 4.69) is 129 Å². The van der Waals surface area contributed by atoms with Crippen molar-refractivity contribution >= 4 is 39.6 Å². The van der Waals surface area contributed by atoms with Crippen LogP contribution in [0.5, 0.6) is 0 Å². The molecule has 186 valence electrons. The minimum atomic E-state index is 0.0465. The highest BCUT2D eigenvalue weighted by Gasteiger charge is 2.19. The van der Waals surface area contributed by atoms with Crippen molar-refractivity contribution in [1.29, 1.82) is 0 Å². The molecule has 6 rings (SSSR count). The first-order chi connectivity index (χ1) is 18.3. The molecule has 0 unspecified atom stereocenters. The summed E-state index contributed by atoms with van der Waals surface area (Å²) in [5.74, 6) is 0.952. The molecule has 0 amide bonds. The lowest BCUT2D eigenvalue weighted by molar-refractivity contribution is 0.588. The van der Waals surface area contributed by atoms with Crippen LogP contribution in [0, 0.1) is 6.92 Å². The van der Waals surface area contributed by atoms with Gasteiger partial charge in [-0.25, -0.2) is 4.98 Å². The normalized spacial score (nSPS) is 11.8. The van der Waals surface area contributed by atoms with Crippen LogP contribution in [0.1, 0.15) is 31.9 Å². The summed E-state index contributed by atoms with van der Waals surface area (Å²) in [5.41, 5.74) is 9.66. The van der Waals surface area contributed by atoms with E-state index < -0.39 is 0 Å². The van der Waals surface area contributed by atoms with Crippen molar-refractivity contribution in [3.63, 3.8) is 0 Å². The van der Waals surface area contributed by atoms with Crippen LogP contribution in [0.2, 0.25) is 6.82 Å². The number of benzene rings is 3. The van der Waals surface area contributed by atoms with E-state index in [1.807, 2.05) is 18.5 Å². The summed E-state index contributed by atoms with van der Waals surface area (Å²) < 4.78 is 2.31. The Labute approximate surface area is 225 Å². The van der Waals surface area contributed by atoms with Gasteiger partial charge in [0.15, 0.2) is 0 Å². The standard InChI is InChI=1S/C34H32BN3/c1-23-15-17-36-32(19-23)35(5)27-10-8-9-24(20-27)25-13-14-29-28-11-6-7-12-30(28)38(31(29)21-25)33-22-26(16-18-37-33)34(2,3)4/h6-22H,1-5H3. The van der Waals surface area contributed by atoms with Crippen molar-refractivity contribution in [2.24, 2.45) is 0 Å². The molecule has 0 radical (unpaired) electrons. The summed E-state index contributed by atoms with van der Waals surface area (Å²) in [6.07, 6.45) is 3.84. The third kappa shape index (κ3) is 4.30. The Balaban J connectivity index is 1.51. The van der Waals surface area contributed by atoms with Crippen molar-refractivity contribution in [2.75, 3.05) is 0 Å². The number of aryl methyl sites for hydroxylation is 1. The van der Waals surface area contributed by atoms with Gasteiger partial charge in [0.05, 0.1) is 11.0 Å². The van der Waals surface area contributed by atoms with Gasteiger partial charge < -0.3 is 0 Å². The van der Waals surface area contributed by atoms with E-state index in [0.717, 1.165) is 11.4 Å². The van der Waals surface area contributed by atoms with Gasteiger partial charge in [-0.3, -0.25) is 9.55 Å². The minimum absolute atomic E-state index is 0.0465. The monoisotopic (exact) mass is 493 g/mol. The lowest BCUT2D eigenvalue weighted by Crippen LogP contribution is -2.41. The third-order valence-corrected chi connectivity index (χ3v) is 7.61. The average Bonchev–Trinajstić information content (AvgIpc) is 3.26. The molecule has 4 heteroatoms. The second-order valence-corrected chi connectivity index (χ2v) is 11.3. The fourth-order valence-electron chi connectivity index (χ4n) is 5.36. The molecule has 3 nitrogen and oxygen atoms in total. The lowest BCUT2D eigenvalue weighted by atomic mass is 9.44. The highest BCUT2D eigenvalue weighted by molar-refractivity contribution is 6.83. The average molecular weight is 493 g/mol. The molecule has 6 aromatic rings. The summed E-state index contributed by atoms with van der Waals surface area (Å²) in [6, 6.07) is 32.9. The van der Waals surface area contributed by atoms with Crippen LogP contribution < -0.4 is 11.1 Å². The van der Waals surface area contributed by atoms with Crippen LogP contribution in [-0.2, 0) is 5.41 Å². The van der Waals surface area contributed by atoms with Gasteiger partial charge >= 0.3 is 0 Å². The molecule has 0 saturated carbocycles. The van der Waals surface area contributed by atoms with E-state index in [1.54, 1.807) is 0 Å². The number of hydrogen-bond donors (Lipinski definition) is 0. The SMILES string of the molecule is CB(c1cccc(-c2ccc3c4ccccc4n(-c4cc(C(C)(C)C)ccn4)c3c2)c1)c1cc(C)ccn1. The Morgan fingerprint density at radius 3 is 2.26 bits per heavy atom. The second-order valence-electron chi connectivity index (χ2n) is 11.3. The first kappa shape index (κ1) is 24.2. The van der Waals surface area contributed by atoms with Crippen LogP contribution in [0.3, 0.4) is 0 Å². The van der Waals surface area contributed by atoms with E-state index in [-0.39, 0.29) is 12.1 Å². The van der Waals surface area contributed by atoms with Crippen molar-refractivity contribution < 1.29 is 0 Å². The summed E-state index contributed by atoms with van der Waals surface area (Å²) in [7, 11) is 0. The molecule has 0 bridgehead atoms. The number of pyridine rings is 2. The molecule has 38 heavy (non-hydrogen) atoms. The Morgan fingerprint density at radius 1 is 0.684 bits per heavy atom. The molecule has 3 aromatic heterocycles. The molecule has 0 aliphatic heterocycles. The van der Waals surface area contributed by atoms with Crippen molar-refractivity contribution in [1.82, 2.24) is 14.5 Å². The van der Waals surface area contributed by atoms with Gasteiger partial charge in [0, 0.05) is 28.8 Å². The van der Waals surface area contributed by atoms with Crippen LogP contribution in [0.15, 0.2) is 103 Å². The zero-order valence-electron chi connectivity index (χ0n) is 22.7. The fourth-order valence-corrected chi connectivity index (χ4v) is 5.36. The third-order valence-electron chi connectivity index (χ3n) is 7.61. The molecule has 3 aromatic carbocycles. The van der Waals surface area contributed by atoms with Crippen molar-refractivity contribution in [3.8, 4) is 16.9 Å². The van der Waals surface area contributed by atoms with Gasteiger partial charge in [-0.1, -0.05) is 87.7 Å². The largest absolute Gasteiger partial charge is 0.294 e. The molecule has 0 fully saturated rings. The molecule has 0 aliphatic rings. The van der Waals surface area contributed by atoms with Crippen LogP contribution in [-0.4, -0.2) is 21.2 Å². The fraction of sp³-hybridized carbons (Fsp3) is 0.176. The topological polar surface area (TPSA) is 30.7 Å². The lowest BCUT2D eigenvalue weighted by Gasteiger charge is -2.20. The number of nitrogens with zero attached hydrogens (tertiary/aromatic N) is 3. The van der Waals surface area contributed by atoms with E-state index in [4.69, 9.17) is 4.98 Å². The maximum absolute atomic E-state index is 4.83. The van der Waals surface area contributed by atoms with Gasteiger partial charge in [-0.2, -0.15) is 0 Å². The summed E-state index contributed by atoms with van der Waals surface area (Å²) in [6.45, 7) is 11.3. The van der Waals surface area contributed by atoms with E-state index in [9.17, 15) is 0 Å². The Bertz CT molecular complexity index is 1790. The number of fused-ring (bicyclic) bond motifs is 3. The van der Waals surface area contributed by atoms with E-state index >= 15 is 0 Å².